The first-order valence-electron chi connectivity index (χ1n) is 7.94. The molecule has 1 aliphatic heterocycles. The van der Waals surface area contributed by atoms with Gasteiger partial charge in [0.05, 0.1) is 10.8 Å². The summed E-state index contributed by atoms with van der Waals surface area (Å²) in [4.78, 5) is 4.50. The molecule has 0 fully saturated rings. The van der Waals surface area contributed by atoms with Crippen molar-refractivity contribution in [3.8, 4) is 11.3 Å². The number of aromatic nitrogens is 1. The molecular formula is C20H17N4+. The monoisotopic (exact) mass is 313 g/mol. The van der Waals surface area contributed by atoms with E-state index in [9.17, 15) is 0 Å². The Morgan fingerprint density at radius 3 is 2.54 bits per heavy atom. The predicted molar refractivity (Wildman–Crippen MR) is 94.6 cm³/mol. The van der Waals surface area contributed by atoms with Gasteiger partial charge in [0.15, 0.2) is 12.2 Å². The van der Waals surface area contributed by atoms with Gasteiger partial charge in [-0.2, -0.15) is 0 Å². The molecule has 0 amide bonds. The second-order valence-electron chi connectivity index (χ2n) is 5.78. The summed E-state index contributed by atoms with van der Waals surface area (Å²) < 4.78 is 1.92. The average Bonchev–Trinajstić information content (AvgIpc) is 3.13. The molecule has 0 N–H and O–H groups in total. The molecule has 1 aliphatic rings. The lowest BCUT2D eigenvalue weighted by molar-refractivity contribution is -0.492. The van der Waals surface area contributed by atoms with Crippen LogP contribution in [-0.4, -0.2) is 21.9 Å². The number of hydrogen-bond donors (Lipinski definition) is 0. The highest BCUT2D eigenvalue weighted by atomic mass is 15.5. The summed E-state index contributed by atoms with van der Waals surface area (Å²) in [7, 11) is 0. The minimum atomic E-state index is 0.675. The lowest BCUT2D eigenvalue weighted by Gasteiger charge is -2.05. The number of nitrogens with zero attached hydrogens (tertiary/aromatic N) is 4. The van der Waals surface area contributed by atoms with Gasteiger partial charge >= 0.3 is 0 Å². The third-order valence-corrected chi connectivity index (χ3v) is 4.11. The van der Waals surface area contributed by atoms with E-state index in [2.05, 4.69) is 58.6 Å². The first-order valence-corrected chi connectivity index (χ1v) is 7.94. The molecule has 4 rings (SSSR count). The molecule has 0 saturated heterocycles. The summed E-state index contributed by atoms with van der Waals surface area (Å²) in [6.45, 7) is 2.75. The lowest BCUT2D eigenvalue weighted by Crippen LogP contribution is -2.11. The smallest absolute Gasteiger partial charge is 0.231 e. The first kappa shape index (κ1) is 14.5. The molecule has 0 saturated carbocycles. The van der Waals surface area contributed by atoms with Crippen LogP contribution >= 0.6 is 0 Å². The van der Waals surface area contributed by atoms with Crippen molar-refractivity contribution in [3.05, 3.63) is 84.1 Å². The normalized spacial score (nSPS) is 13.5. The molecule has 0 atom stereocenters. The van der Waals surface area contributed by atoms with Crippen LogP contribution in [0.2, 0.25) is 0 Å². The van der Waals surface area contributed by atoms with Crippen molar-refractivity contribution in [3.63, 3.8) is 0 Å². The van der Waals surface area contributed by atoms with Crippen molar-refractivity contribution in [1.82, 2.24) is 4.98 Å². The molecule has 1 aromatic heterocycles. The average molecular weight is 313 g/mol. The van der Waals surface area contributed by atoms with Crippen LogP contribution in [0, 0.1) is 6.92 Å². The first-order chi connectivity index (χ1) is 11.8. The molecule has 4 heteroatoms. The van der Waals surface area contributed by atoms with Gasteiger partial charge in [-0.1, -0.05) is 48.5 Å². The van der Waals surface area contributed by atoms with Crippen LogP contribution in [-0.2, 0) is 0 Å². The zero-order valence-electron chi connectivity index (χ0n) is 13.4. The highest BCUT2D eigenvalue weighted by Gasteiger charge is 2.23. The van der Waals surface area contributed by atoms with Crippen LogP contribution < -0.4 is 0 Å². The lowest BCUT2D eigenvalue weighted by atomic mass is 10.1. The van der Waals surface area contributed by atoms with Crippen molar-refractivity contribution in [2.24, 2.45) is 10.3 Å². The van der Waals surface area contributed by atoms with E-state index in [1.54, 1.807) is 0 Å². The summed E-state index contributed by atoms with van der Waals surface area (Å²) in [5.41, 5.74) is 6.37. The number of rotatable bonds is 3. The Labute approximate surface area is 140 Å². The van der Waals surface area contributed by atoms with E-state index in [0.29, 0.717) is 6.54 Å². The standard InChI is InChI=1S/C20H17N4/c1-15-7-6-12-21-20(15)17-10-5-11-18(13-17)24-14-19(22-23-24)16-8-3-2-4-9-16/h2-13H,14H2,1H3/q+1. The van der Waals surface area contributed by atoms with Gasteiger partial charge in [0.2, 0.25) is 5.71 Å². The maximum atomic E-state index is 4.50. The Kier molecular flexibility index (Phi) is 3.71. The number of hydrogen-bond acceptors (Lipinski definition) is 3. The Balaban J connectivity index is 1.61. The molecule has 2 aromatic carbocycles. The fraction of sp³-hybridized carbons (Fsp3) is 0.100. The van der Waals surface area contributed by atoms with E-state index >= 15 is 0 Å². The fourth-order valence-electron chi connectivity index (χ4n) is 2.84. The van der Waals surface area contributed by atoms with Gasteiger partial charge < -0.3 is 0 Å². The molecule has 2 heterocycles. The maximum Gasteiger partial charge on any atom is 0.231 e. The second-order valence-corrected chi connectivity index (χ2v) is 5.78. The molecular weight excluding hydrogens is 296 g/mol. The Morgan fingerprint density at radius 2 is 1.71 bits per heavy atom. The van der Waals surface area contributed by atoms with Crippen molar-refractivity contribution >= 4 is 11.4 Å². The van der Waals surface area contributed by atoms with Crippen molar-refractivity contribution in [2.75, 3.05) is 6.54 Å². The molecule has 0 bridgehead atoms. The van der Waals surface area contributed by atoms with E-state index in [1.807, 2.05) is 41.2 Å². The van der Waals surface area contributed by atoms with Crippen LogP contribution in [0.25, 0.3) is 11.3 Å². The summed E-state index contributed by atoms with van der Waals surface area (Å²) in [6, 6.07) is 22.5. The third-order valence-electron chi connectivity index (χ3n) is 4.11. The van der Waals surface area contributed by atoms with E-state index < -0.39 is 0 Å². The van der Waals surface area contributed by atoms with Crippen molar-refractivity contribution in [2.45, 2.75) is 6.92 Å². The quantitative estimate of drug-likeness (QED) is 0.653. The Bertz CT molecular complexity index is 943. The van der Waals surface area contributed by atoms with E-state index in [0.717, 1.165) is 33.8 Å². The number of pyridine rings is 1. The molecule has 0 aliphatic carbocycles. The van der Waals surface area contributed by atoms with Gasteiger partial charge in [-0.3, -0.25) is 4.98 Å². The number of aryl methyl sites for hydroxylation is 1. The van der Waals surface area contributed by atoms with E-state index in [1.165, 1.54) is 0 Å². The van der Waals surface area contributed by atoms with E-state index in [-0.39, 0.29) is 0 Å². The molecule has 3 aromatic rings. The Morgan fingerprint density at radius 1 is 0.875 bits per heavy atom. The van der Waals surface area contributed by atoms with Gasteiger partial charge in [-0.25, -0.2) is 0 Å². The molecule has 116 valence electrons. The topological polar surface area (TPSA) is 40.6 Å². The SMILES string of the molecule is Cc1cccnc1-c1cccc([N+]2=NN=C(c3ccccc3)C2)c1. The summed E-state index contributed by atoms with van der Waals surface area (Å²) >= 11 is 0. The second kappa shape index (κ2) is 6.16. The largest absolute Gasteiger partial charge is 0.256 e. The predicted octanol–water partition coefficient (Wildman–Crippen LogP) is 4.57. The van der Waals surface area contributed by atoms with Crippen LogP contribution in [0.15, 0.2) is 83.3 Å². The van der Waals surface area contributed by atoms with E-state index in [4.69, 9.17) is 0 Å². The molecule has 0 spiro atoms. The summed E-state index contributed by atoms with van der Waals surface area (Å²) in [5, 5.41) is 8.66. The van der Waals surface area contributed by atoms with Crippen molar-refractivity contribution in [1.29, 1.82) is 0 Å². The Hall–Kier alpha value is -3.14. The summed E-state index contributed by atoms with van der Waals surface area (Å²) in [5.74, 6) is 0. The van der Waals surface area contributed by atoms with Crippen LogP contribution in [0.3, 0.4) is 0 Å². The van der Waals surface area contributed by atoms with Gasteiger partial charge in [0.1, 0.15) is 5.22 Å². The zero-order chi connectivity index (χ0) is 16.4. The van der Waals surface area contributed by atoms with Gasteiger partial charge in [-0.05, 0) is 30.7 Å². The third kappa shape index (κ3) is 2.74. The van der Waals surface area contributed by atoms with Gasteiger partial charge in [0, 0.05) is 17.3 Å². The summed E-state index contributed by atoms with van der Waals surface area (Å²) in [6.07, 6.45) is 1.83. The van der Waals surface area contributed by atoms with Gasteiger partial charge in [0.25, 0.3) is 0 Å². The molecule has 0 unspecified atom stereocenters. The molecule has 24 heavy (non-hydrogen) atoms. The van der Waals surface area contributed by atoms with Gasteiger partial charge in [-0.15, -0.1) is 4.70 Å². The maximum absolute atomic E-state index is 4.50. The minimum absolute atomic E-state index is 0.675. The molecule has 0 radical (unpaired) electrons. The highest BCUT2D eigenvalue weighted by Crippen LogP contribution is 2.26. The highest BCUT2D eigenvalue weighted by molar-refractivity contribution is 6.01. The van der Waals surface area contributed by atoms with Crippen LogP contribution in [0.4, 0.5) is 5.69 Å². The van der Waals surface area contributed by atoms with Crippen molar-refractivity contribution < 1.29 is 4.70 Å². The fourth-order valence-corrected chi connectivity index (χ4v) is 2.84. The zero-order valence-corrected chi connectivity index (χ0v) is 13.4. The number of benzene rings is 2. The van der Waals surface area contributed by atoms with Crippen LogP contribution in [0.5, 0.6) is 0 Å². The van der Waals surface area contributed by atoms with Crippen LogP contribution in [0.1, 0.15) is 11.1 Å². The molecule has 4 nitrogen and oxygen atoms in total. The minimum Gasteiger partial charge on any atom is -0.256 e.